The number of nitrogens with one attached hydrogen (secondary N) is 2. The molecule has 1 aliphatic heterocycles. The van der Waals surface area contributed by atoms with E-state index in [1.54, 1.807) is 0 Å². The van der Waals surface area contributed by atoms with Gasteiger partial charge in [-0.1, -0.05) is 5.16 Å². The van der Waals surface area contributed by atoms with Crippen LogP contribution in [0.4, 0.5) is 0 Å². The molecule has 1 amide bonds. The van der Waals surface area contributed by atoms with Gasteiger partial charge >= 0.3 is 0 Å². The zero-order chi connectivity index (χ0) is 10.9. The van der Waals surface area contributed by atoms with Gasteiger partial charge in [0.25, 0.3) is 5.91 Å². The van der Waals surface area contributed by atoms with E-state index in [0.717, 1.165) is 38.9 Å². The number of hydrogen-bond donors (Lipinski definition) is 3. The number of rotatable bonds is 5. The minimum absolute atomic E-state index is 0.353. The maximum Gasteiger partial charge on any atom is 0.265 e. The van der Waals surface area contributed by atoms with Gasteiger partial charge in [0, 0.05) is 26.3 Å². The van der Waals surface area contributed by atoms with Gasteiger partial charge in [0.15, 0.2) is 0 Å². The lowest BCUT2D eigenvalue weighted by atomic mass is 10.3. The number of carbonyl (C=O) groups is 1. The van der Waals surface area contributed by atoms with Crippen molar-refractivity contribution < 1.29 is 10.0 Å². The lowest BCUT2D eigenvalue weighted by molar-refractivity contribution is -0.114. The molecule has 1 aliphatic rings. The summed E-state index contributed by atoms with van der Waals surface area (Å²) in [6.07, 6.45) is 2.96. The van der Waals surface area contributed by atoms with E-state index in [1.165, 1.54) is 6.42 Å². The van der Waals surface area contributed by atoms with Crippen molar-refractivity contribution in [1.29, 1.82) is 0 Å². The van der Waals surface area contributed by atoms with Crippen molar-refractivity contribution in [1.82, 2.24) is 15.5 Å². The van der Waals surface area contributed by atoms with Gasteiger partial charge in [-0.3, -0.25) is 9.69 Å². The Labute approximate surface area is 89.3 Å². The highest BCUT2D eigenvalue weighted by molar-refractivity contribution is 6.25. The van der Waals surface area contributed by atoms with Gasteiger partial charge in [-0.05, 0) is 19.4 Å². The molecule has 0 unspecified atom stereocenters. The summed E-state index contributed by atoms with van der Waals surface area (Å²) in [6, 6.07) is 0. The Morgan fingerprint density at radius 1 is 1.67 bits per heavy atom. The third kappa shape index (κ3) is 5.34. The molecular weight excluding hydrogens is 196 g/mol. The van der Waals surface area contributed by atoms with Crippen molar-refractivity contribution in [2.24, 2.45) is 5.16 Å². The van der Waals surface area contributed by atoms with Gasteiger partial charge < -0.3 is 15.8 Å². The summed E-state index contributed by atoms with van der Waals surface area (Å²) in [6.45, 7) is 4.75. The van der Waals surface area contributed by atoms with Gasteiger partial charge in [-0.25, -0.2) is 0 Å². The molecule has 86 valence electrons. The first-order valence-electron chi connectivity index (χ1n) is 5.21. The molecule has 6 nitrogen and oxygen atoms in total. The molecule has 0 spiro atoms. The summed E-state index contributed by atoms with van der Waals surface area (Å²) in [5.74, 6) is -0.353. The molecule has 0 aromatic carbocycles. The second kappa shape index (κ2) is 7.19. The normalized spacial score (nSPS) is 18.1. The van der Waals surface area contributed by atoms with E-state index in [-0.39, 0.29) is 5.91 Å². The van der Waals surface area contributed by atoms with E-state index in [0.29, 0.717) is 6.54 Å². The molecule has 3 N–H and O–H groups in total. The molecule has 0 aromatic rings. The van der Waals surface area contributed by atoms with Crippen LogP contribution in [0.5, 0.6) is 0 Å². The summed E-state index contributed by atoms with van der Waals surface area (Å²) in [4.78, 5) is 13.2. The van der Waals surface area contributed by atoms with Gasteiger partial charge in [0.05, 0.1) is 0 Å². The monoisotopic (exact) mass is 214 g/mol. The average Bonchev–Trinajstić information content (AvgIpc) is 2.26. The lowest BCUT2D eigenvalue weighted by Gasteiger charge is -2.27. The summed E-state index contributed by atoms with van der Waals surface area (Å²) >= 11 is 0. The first-order valence-corrected chi connectivity index (χ1v) is 5.21. The lowest BCUT2D eigenvalue weighted by Crippen LogP contribution is -2.42. The third-order valence-electron chi connectivity index (χ3n) is 2.29. The highest BCUT2D eigenvalue weighted by atomic mass is 16.4. The number of hydrogen-bond acceptors (Lipinski definition) is 5. The van der Waals surface area contributed by atoms with Crippen molar-refractivity contribution in [3.05, 3.63) is 0 Å². The molecule has 0 radical (unpaired) electrons. The summed E-state index contributed by atoms with van der Waals surface area (Å²) in [5, 5.41) is 16.7. The van der Waals surface area contributed by atoms with Crippen LogP contribution in [0.25, 0.3) is 0 Å². The molecule has 0 atom stereocenters. The highest BCUT2D eigenvalue weighted by Crippen LogP contribution is 1.96. The number of oxime groups is 1. The molecule has 6 heteroatoms. The van der Waals surface area contributed by atoms with E-state index < -0.39 is 0 Å². The maximum absolute atomic E-state index is 10.8. The number of carbonyl (C=O) groups excluding carboxylic acids is 1. The molecule has 1 saturated heterocycles. The number of nitrogens with zero attached hydrogens (tertiary/aromatic N) is 2. The predicted octanol–water partition coefficient (Wildman–Crippen LogP) is -0.794. The minimum atomic E-state index is -0.353. The van der Waals surface area contributed by atoms with Crippen molar-refractivity contribution in [2.45, 2.75) is 12.8 Å². The number of amides is 1. The molecule has 0 aromatic heterocycles. The Morgan fingerprint density at radius 2 is 2.53 bits per heavy atom. The van der Waals surface area contributed by atoms with Gasteiger partial charge in [0.1, 0.15) is 6.21 Å². The standard InChI is InChI=1S/C9H18N4O2/c14-9(7-12-15)11-4-2-6-13-5-1-3-10-8-13/h7,10,15H,1-6,8H2,(H,11,14)/b12-7-. The molecule has 1 heterocycles. The fourth-order valence-electron chi connectivity index (χ4n) is 1.55. The summed E-state index contributed by atoms with van der Waals surface area (Å²) in [5.41, 5.74) is 0. The van der Waals surface area contributed by atoms with Crippen molar-refractivity contribution in [3.63, 3.8) is 0 Å². The summed E-state index contributed by atoms with van der Waals surface area (Å²) < 4.78 is 0. The Kier molecular flexibility index (Phi) is 5.72. The summed E-state index contributed by atoms with van der Waals surface area (Å²) in [7, 11) is 0. The first-order chi connectivity index (χ1) is 7.33. The second-order valence-electron chi connectivity index (χ2n) is 3.52. The van der Waals surface area contributed by atoms with Gasteiger partial charge in [-0.2, -0.15) is 0 Å². The average molecular weight is 214 g/mol. The third-order valence-corrected chi connectivity index (χ3v) is 2.29. The quantitative estimate of drug-likeness (QED) is 0.242. The minimum Gasteiger partial charge on any atom is -0.411 e. The molecule has 0 aliphatic carbocycles. The van der Waals surface area contributed by atoms with Crippen LogP contribution in [0, 0.1) is 0 Å². The van der Waals surface area contributed by atoms with E-state index in [9.17, 15) is 4.79 Å². The van der Waals surface area contributed by atoms with E-state index in [4.69, 9.17) is 5.21 Å². The van der Waals surface area contributed by atoms with Crippen molar-refractivity contribution >= 4 is 12.1 Å². The Hall–Kier alpha value is -1.14. The van der Waals surface area contributed by atoms with E-state index >= 15 is 0 Å². The maximum atomic E-state index is 10.8. The van der Waals surface area contributed by atoms with E-state index in [1.807, 2.05) is 0 Å². The second-order valence-corrected chi connectivity index (χ2v) is 3.52. The predicted molar refractivity (Wildman–Crippen MR) is 57.0 cm³/mol. The Balaban J connectivity index is 1.98. The van der Waals surface area contributed by atoms with Crippen LogP contribution in [-0.4, -0.2) is 55.1 Å². The fourth-order valence-corrected chi connectivity index (χ4v) is 1.55. The van der Waals surface area contributed by atoms with Crippen LogP contribution in [-0.2, 0) is 4.79 Å². The fraction of sp³-hybridized carbons (Fsp3) is 0.778. The molecular formula is C9H18N4O2. The molecule has 0 bridgehead atoms. The van der Waals surface area contributed by atoms with Gasteiger partial charge in [0.2, 0.25) is 0 Å². The molecule has 15 heavy (non-hydrogen) atoms. The van der Waals surface area contributed by atoms with Crippen LogP contribution in [0.2, 0.25) is 0 Å². The van der Waals surface area contributed by atoms with E-state index in [2.05, 4.69) is 20.7 Å². The SMILES string of the molecule is O=C(/C=N\O)NCCCN1CCCNC1. The van der Waals surface area contributed by atoms with Crippen LogP contribution >= 0.6 is 0 Å². The molecule has 1 rings (SSSR count). The van der Waals surface area contributed by atoms with Gasteiger partial charge in [-0.15, -0.1) is 0 Å². The molecule has 0 saturated carbocycles. The largest absolute Gasteiger partial charge is 0.411 e. The van der Waals surface area contributed by atoms with Crippen molar-refractivity contribution in [3.8, 4) is 0 Å². The topological polar surface area (TPSA) is 77.0 Å². The smallest absolute Gasteiger partial charge is 0.265 e. The Bertz CT molecular complexity index is 214. The van der Waals surface area contributed by atoms with Crippen LogP contribution in [0.1, 0.15) is 12.8 Å². The zero-order valence-corrected chi connectivity index (χ0v) is 8.78. The van der Waals surface area contributed by atoms with Crippen molar-refractivity contribution in [2.75, 3.05) is 32.8 Å². The van der Waals surface area contributed by atoms with Crippen LogP contribution < -0.4 is 10.6 Å². The van der Waals surface area contributed by atoms with Crippen LogP contribution in [0.15, 0.2) is 5.16 Å². The first kappa shape index (κ1) is 11.9. The molecule has 1 fully saturated rings. The zero-order valence-electron chi connectivity index (χ0n) is 8.78. The highest BCUT2D eigenvalue weighted by Gasteiger charge is 2.08. The van der Waals surface area contributed by atoms with Crippen LogP contribution in [0.3, 0.4) is 0 Å². The Morgan fingerprint density at radius 3 is 3.20 bits per heavy atom.